The van der Waals surface area contributed by atoms with Crippen molar-refractivity contribution in [2.24, 2.45) is 0 Å². The van der Waals surface area contributed by atoms with Gasteiger partial charge in [-0.2, -0.15) is 0 Å². The van der Waals surface area contributed by atoms with Crippen LogP contribution >= 0.6 is 0 Å². The highest BCUT2D eigenvalue weighted by atomic mass is 16.4. The first-order valence-electron chi connectivity index (χ1n) is 8.72. The maximum atomic E-state index is 12.7. The normalized spacial score (nSPS) is 16.3. The lowest BCUT2D eigenvalue weighted by Gasteiger charge is -2.24. The van der Waals surface area contributed by atoms with Gasteiger partial charge in [0, 0.05) is 33.1 Å². The van der Waals surface area contributed by atoms with Crippen LogP contribution in [0.5, 0.6) is 0 Å². The number of carbonyl (C=O) groups excluding carboxylic acids is 2. The first kappa shape index (κ1) is 18.1. The predicted molar refractivity (Wildman–Crippen MR) is 94.5 cm³/mol. The third-order valence-electron chi connectivity index (χ3n) is 4.54. The zero-order valence-electron chi connectivity index (χ0n) is 15.0. The summed E-state index contributed by atoms with van der Waals surface area (Å²) in [5.74, 6) is 0.174. The molecule has 1 unspecified atom stereocenters. The maximum absolute atomic E-state index is 12.7. The quantitative estimate of drug-likeness (QED) is 0.903. The van der Waals surface area contributed by atoms with E-state index < -0.39 is 6.10 Å². The molecule has 1 N–H and O–H groups in total. The highest BCUT2D eigenvalue weighted by Crippen LogP contribution is 2.18. The number of aryl methyl sites for hydroxylation is 2. The van der Waals surface area contributed by atoms with E-state index in [-0.39, 0.29) is 17.6 Å². The minimum absolute atomic E-state index is 0.207. The van der Waals surface area contributed by atoms with E-state index in [1.807, 2.05) is 6.07 Å². The van der Waals surface area contributed by atoms with Crippen molar-refractivity contribution < 1.29 is 19.1 Å². The third kappa shape index (κ3) is 3.77. The fourth-order valence-corrected chi connectivity index (χ4v) is 3.17. The molecule has 1 atom stereocenters. The van der Waals surface area contributed by atoms with Crippen LogP contribution < -0.4 is 0 Å². The van der Waals surface area contributed by atoms with Gasteiger partial charge in [-0.25, -0.2) is 4.98 Å². The molecule has 0 saturated carbocycles. The molecule has 1 fully saturated rings. The van der Waals surface area contributed by atoms with Crippen LogP contribution in [0, 0.1) is 13.8 Å². The second kappa shape index (κ2) is 7.70. The highest BCUT2D eigenvalue weighted by molar-refractivity contribution is 5.92. The molecule has 1 saturated heterocycles. The second-order valence-electron chi connectivity index (χ2n) is 6.43. The second-order valence-corrected chi connectivity index (χ2v) is 6.43. The van der Waals surface area contributed by atoms with Crippen LogP contribution in [0.1, 0.15) is 40.2 Å². The van der Waals surface area contributed by atoms with Gasteiger partial charge in [-0.3, -0.25) is 9.59 Å². The summed E-state index contributed by atoms with van der Waals surface area (Å²) in [6.45, 7) is 5.25. The molecule has 0 aliphatic carbocycles. The minimum atomic E-state index is -1.18. The lowest BCUT2D eigenvalue weighted by molar-refractivity contribution is -0.140. The Morgan fingerprint density at radius 3 is 2.38 bits per heavy atom. The Bertz CT molecular complexity index is 787. The Balaban J connectivity index is 1.65. The number of aliphatic hydroxyl groups is 1. The SMILES string of the molecule is Cc1nc(C)c(C(=O)N2CCCN(C(=O)C(O)c3ccccc3)CC2)o1. The van der Waals surface area contributed by atoms with Crippen LogP contribution in [0.15, 0.2) is 34.7 Å². The molecular weight excluding hydrogens is 334 g/mol. The summed E-state index contributed by atoms with van der Waals surface area (Å²) in [7, 11) is 0. The molecule has 26 heavy (non-hydrogen) atoms. The zero-order chi connectivity index (χ0) is 18.7. The molecule has 0 bridgehead atoms. The first-order chi connectivity index (χ1) is 12.5. The third-order valence-corrected chi connectivity index (χ3v) is 4.54. The van der Waals surface area contributed by atoms with Gasteiger partial charge >= 0.3 is 0 Å². The van der Waals surface area contributed by atoms with Crippen LogP contribution in [-0.2, 0) is 4.79 Å². The van der Waals surface area contributed by atoms with Gasteiger partial charge in [-0.15, -0.1) is 0 Å². The van der Waals surface area contributed by atoms with Gasteiger partial charge in [-0.05, 0) is 18.9 Å². The molecule has 3 rings (SSSR count). The predicted octanol–water partition coefficient (Wildman–Crippen LogP) is 1.70. The van der Waals surface area contributed by atoms with E-state index in [4.69, 9.17) is 4.42 Å². The molecule has 1 aliphatic heterocycles. The van der Waals surface area contributed by atoms with Crippen molar-refractivity contribution in [3.05, 3.63) is 53.2 Å². The van der Waals surface area contributed by atoms with Gasteiger partial charge in [-0.1, -0.05) is 30.3 Å². The standard InChI is InChI=1S/C19H23N3O4/c1-13-17(26-14(2)20-13)19(25)22-10-6-9-21(11-12-22)18(24)16(23)15-7-4-3-5-8-15/h3-5,7-8,16,23H,6,9-12H2,1-2H3. The Morgan fingerprint density at radius 1 is 1.08 bits per heavy atom. The van der Waals surface area contributed by atoms with E-state index in [2.05, 4.69) is 4.98 Å². The molecule has 2 amide bonds. The average molecular weight is 357 g/mol. The van der Waals surface area contributed by atoms with Gasteiger partial charge in [0.15, 0.2) is 12.0 Å². The summed E-state index contributed by atoms with van der Waals surface area (Å²) in [6, 6.07) is 8.87. The van der Waals surface area contributed by atoms with Crippen molar-refractivity contribution in [2.45, 2.75) is 26.4 Å². The van der Waals surface area contributed by atoms with E-state index in [1.54, 1.807) is 47.9 Å². The molecule has 0 spiro atoms. The summed E-state index contributed by atoms with van der Waals surface area (Å²) in [5.41, 5.74) is 1.15. The number of aliphatic hydroxyl groups excluding tert-OH is 1. The average Bonchev–Trinajstić information content (AvgIpc) is 2.85. The lowest BCUT2D eigenvalue weighted by Crippen LogP contribution is -2.39. The van der Waals surface area contributed by atoms with Gasteiger partial charge in [0.05, 0.1) is 5.69 Å². The largest absolute Gasteiger partial charge is 0.436 e. The van der Waals surface area contributed by atoms with Crippen molar-refractivity contribution >= 4 is 11.8 Å². The van der Waals surface area contributed by atoms with E-state index in [0.717, 1.165) is 0 Å². The number of benzene rings is 1. The van der Waals surface area contributed by atoms with Crippen molar-refractivity contribution in [3.63, 3.8) is 0 Å². The van der Waals surface area contributed by atoms with Crippen molar-refractivity contribution in [1.29, 1.82) is 0 Å². The number of oxazole rings is 1. The number of nitrogens with zero attached hydrogens (tertiary/aromatic N) is 3. The monoisotopic (exact) mass is 357 g/mol. The molecule has 7 nitrogen and oxygen atoms in total. The minimum Gasteiger partial charge on any atom is -0.436 e. The summed E-state index contributed by atoms with van der Waals surface area (Å²) in [4.78, 5) is 32.7. The molecular formula is C19H23N3O4. The topological polar surface area (TPSA) is 86.9 Å². The Labute approximate surface area is 152 Å². The van der Waals surface area contributed by atoms with Crippen molar-refractivity contribution in [2.75, 3.05) is 26.2 Å². The number of rotatable bonds is 3. The lowest BCUT2D eigenvalue weighted by atomic mass is 10.1. The van der Waals surface area contributed by atoms with Crippen LogP contribution in [0.25, 0.3) is 0 Å². The number of carbonyl (C=O) groups is 2. The number of aromatic nitrogens is 1. The smallest absolute Gasteiger partial charge is 0.291 e. The van der Waals surface area contributed by atoms with Crippen LogP contribution in [0.2, 0.25) is 0 Å². The van der Waals surface area contributed by atoms with Crippen molar-refractivity contribution in [3.8, 4) is 0 Å². The fraction of sp³-hybridized carbons (Fsp3) is 0.421. The Kier molecular flexibility index (Phi) is 5.37. The molecule has 0 radical (unpaired) electrons. The van der Waals surface area contributed by atoms with Crippen LogP contribution in [0.4, 0.5) is 0 Å². The molecule has 2 heterocycles. The highest BCUT2D eigenvalue weighted by Gasteiger charge is 2.29. The van der Waals surface area contributed by atoms with Gasteiger partial charge in [0.2, 0.25) is 5.76 Å². The van der Waals surface area contributed by atoms with Gasteiger partial charge in [0.1, 0.15) is 0 Å². The van der Waals surface area contributed by atoms with E-state index in [0.29, 0.717) is 49.7 Å². The van der Waals surface area contributed by atoms with Gasteiger partial charge < -0.3 is 19.3 Å². The Morgan fingerprint density at radius 2 is 1.73 bits per heavy atom. The molecule has 1 aromatic heterocycles. The van der Waals surface area contributed by atoms with E-state index in [9.17, 15) is 14.7 Å². The molecule has 7 heteroatoms. The summed E-state index contributed by atoms with van der Waals surface area (Å²) >= 11 is 0. The number of amides is 2. The molecule has 2 aromatic rings. The summed E-state index contributed by atoms with van der Waals surface area (Å²) < 4.78 is 5.42. The van der Waals surface area contributed by atoms with Crippen LogP contribution in [-0.4, -0.2) is 57.9 Å². The first-order valence-corrected chi connectivity index (χ1v) is 8.72. The van der Waals surface area contributed by atoms with E-state index in [1.165, 1.54) is 0 Å². The molecule has 1 aliphatic rings. The Hall–Kier alpha value is -2.67. The van der Waals surface area contributed by atoms with Crippen LogP contribution in [0.3, 0.4) is 0 Å². The molecule has 138 valence electrons. The summed E-state index contributed by atoms with van der Waals surface area (Å²) in [6.07, 6.45) is -0.539. The maximum Gasteiger partial charge on any atom is 0.291 e. The van der Waals surface area contributed by atoms with E-state index >= 15 is 0 Å². The van der Waals surface area contributed by atoms with Gasteiger partial charge in [0.25, 0.3) is 11.8 Å². The van der Waals surface area contributed by atoms with Crippen molar-refractivity contribution in [1.82, 2.24) is 14.8 Å². The summed E-state index contributed by atoms with van der Waals surface area (Å²) in [5, 5.41) is 10.3. The molecule has 1 aromatic carbocycles. The number of hydrogen-bond donors (Lipinski definition) is 1. The zero-order valence-corrected chi connectivity index (χ0v) is 15.0. The number of hydrogen-bond acceptors (Lipinski definition) is 5. The fourth-order valence-electron chi connectivity index (χ4n) is 3.17.